The molecule has 0 aliphatic rings. The summed E-state index contributed by atoms with van der Waals surface area (Å²) in [5, 5.41) is 14.4. The zero-order chi connectivity index (χ0) is 18.6. The van der Waals surface area contributed by atoms with Crippen LogP contribution < -0.4 is 5.32 Å². The van der Waals surface area contributed by atoms with Crippen molar-refractivity contribution in [3.05, 3.63) is 68.2 Å². The third-order valence-electron chi connectivity index (χ3n) is 3.80. The van der Waals surface area contributed by atoms with Crippen molar-refractivity contribution < 1.29 is 9.72 Å². The second kappa shape index (κ2) is 8.29. The van der Waals surface area contributed by atoms with E-state index >= 15 is 0 Å². The molecule has 0 aromatic heterocycles. The maximum absolute atomic E-state index is 12.4. The van der Waals surface area contributed by atoms with Gasteiger partial charge in [-0.05, 0) is 37.7 Å². The Bertz CT molecular complexity index is 781. The molecule has 2 aromatic rings. The number of non-ortho nitro benzene ring substituents is 1. The standard InChI is InChI=1S/C17H17Cl2N3O3/c1-11(21(2)10-12-3-5-13(18)6-4-12)17(23)20-16-9-14(22(24)25)7-8-15(16)19/h3-9,11H,10H2,1-2H3,(H,20,23). The number of amides is 1. The number of nitrogens with one attached hydrogen (secondary N) is 1. The van der Waals surface area contributed by atoms with Crippen molar-refractivity contribution in [1.82, 2.24) is 4.90 Å². The van der Waals surface area contributed by atoms with E-state index in [2.05, 4.69) is 5.32 Å². The van der Waals surface area contributed by atoms with Crippen LogP contribution in [0, 0.1) is 10.1 Å². The van der Waals surface area contributed by atoms with Crippen LogP contribution in [-0.2, 0) is 11.3 Å². The van der Waals surface area contributed by atoms with Gasteiger partial charge in [0.2, 0.25) is 5.91 Å². The Morgan fingerprint density at radius 3 is 2.48 bits per heavy atom. The van der Waals surface area contributed by atoms with Crippen LogP contribution in [0.25, 0.3) is 0 Å². The van der Waals surface area contributed by atoms with Crippen molar-refractivity contribution in [2.75, 3.05) is 12.4 Å². The Labute approximate surface area is 155 Å². The summed E-state index contributed by atoms with van der Waals surface area (Å²) in [6.45, 7) is 2.30. The summed E-state index contributed by atoms with van der Waals surface area (Å²) in [5.74, 6) is -0.307. The van der Waals surface area contributed by atoms with Crippen LogP contribution in [0.3, 0.4) is 0 Å². The van der Waals surface area contributed by atoms with E-state index in [1.807, 2.05) is 24.1 Å². The fourth-order valence-corrected chi connectivity index (χ4v) is 2.47. The first-order valence-corrected chi connectivity index (χ1v) is 8.23. The molecule has 0 saturated heterocycles. The van der Waals surface area contributed by atoms with Crippen molar-refractivity contribution in [3.8, 4) is 0 Å². The molecule has 132 valence electrons. The summed E-state index contributed by atoms with van der Waals surface area (Å²) in [6.07, 6.45) is 0. The van der Waals surface area contributed by atoms with Crippen LogP contribution in [0.1, 0.15) is 12.5 Å². The third kappa shape index (κ3) is 5.16. The number of carbonyl (C=O) groups excluding carboxylic acids is 1. The lowest BCUT2D eigenvalue weighted by atomic mass is 10.2. The molecule has 1 amide bonds. The van der Waals surface area contributed by atoms with Gasteiger partial charge in [0.1, 0.15) is 0 Å². The summed E-state index contributed by atoms with van der Waals surface area (Å²) < 4.78 is 0. The lowest BCUT2D eigenvalue weighted by molar-refractivity contribution is -0.384. The van der Waals surface area contributed by atoms with Gasteiger partial charge in [0.05, 0.1) is 21.7 Å². The number of hydrogen-bond donors (Lipinski definition) is 1. The molecular weight excluding hydrogens is 365 g/mol. The fourth-order valence-electron chi connectivity index (χ4n) is 2.17. The first-order chi connectivity index (χ1) is 11.8. The molecule has 0 aliphatic carbocycles. The van der Waals surface area contributed by atoms with E-state index in [1.54, 1.807) is 19.1 Å². The highest BCUT2D eigenvalue weighted by Crippen LogP contribution is 2.27. The number of rotatable bonds is 6. The maximum Gasteiger partial charge on any atom is 0.271 e. The molecule has 0 spiro atoms. The minimum Gasteiger partial charge on any atom is -0.323 e. The third-order valence-corrected chi connectivity index (χ3v) is 4.39. The van der Waals surface area contributed by atoms with Crippen molar-refractivity contribution >= 4 is 40.5 Å². The van der Waals surface area contributed by atoms with Crippen LogP contribution in [0.4, 0.5) is 11.4 Å². The molecule has 0 fully saturated rings. The normalized spacial score (nSPS) is 12.0. The monoisotopic (exact) mass is 381 g/mol. The van der Waals surface area contributed by atoms with Gasteiger partial charge in [-0.2, -0.15) is 0 Å². The fraction of sp³-hybridized carbons (Fsp3) is 0.235. The molecule has 1 unspecified atom stereocenters. The van der Waals surface area contributed by atoms with E-state index < -0.39 is 11.0 Å². The Kier molecular flexibility index (Phi) is 6.36. The number of nitrogens with zero attached hydrogens (tertiary/aromatic N) is 2. The molecular formula is C17H17Cl2N3O3. The van der Waals surface area contributed by atoms with Crippen LogP contribution >= 0.6 is 23.2 Å². The van der Waals surface area contributed by atoms with Gasteiger partial charge in [-0.3, -0.25) is 19.8 Å². The predicted octanol–water partition coefficient (Wildman–Crippen LogP) is 4.36. The van der Waals surface area contributed by atoms with Gasteiger partial charge in [0.15, 0.2) is 0 Å². The lowest BCUT2D eigenvalue weighted by Gasteiger charge is -2.24. The maximum atomic E-state index is 12.4. The van der Waals surface area contributed by atoms with Gasteiger partial charge in [0.25, 0.3) is 5.69 Å². The molecule has 1 N–H and O–H groups in total. The molecule has 6 nitrogen and oxygen atoms in total. The highest BCUT2D eigenvalue weighted by atomic mass is 35.5. The van der Waals surface area contributed by atoms with E-state index in [9.17, 15) is 14.9 Å². The van der Waals surface area contributed by atoms with Gasteiger partial charge >= 0.3 is 0 Å². The minimum atomic E-state index is -0.540. The second-order valence-corrected chi connectivity index (χ2v) is 6.47. The molecule has 25 heavy (non-hydrogen) atoms. The van der Waals surface area contributed by atoms with Crippen molar-refractivity contribution in [3.63, 3.8) is 0 Å². The Balaban J connectivity index is 2.05. The van der Waals surface area contributed by atoms with Crippen LogP contribution in [0.5, 0.6) is 0 Å². The Morgan fingerprint density at radius 1 is 1.24 bits per heavy atom. The Hall–Kier alpha value is -2.15. The molecule has 0 aliphatic heterocycles. The number of halogens is 2. The summed E-state index contributed by atoms with van der Waals surface area (Å²) in [4.78, 5) is 24.6. The molecule has 0 radical (unpaired) electrons. The summed E-state index contributed by atoms with van der Waals surface area (Å²) in [5.41, 5.74) is 1.09. The topological polar surface area (TPSA) is 75.5 Å². The number of carbonyl (C=O) groups is 1. The number of benzene rings is 2. The summed E-state index contributed by atoms with van der Waals surface area (Å²) >= 11 is 11.9. The molecule has 2 rings (SSSR count). The van der Waals surface area contributed by atoms with Gasteiger partial charge < -0.3 is 5.32 Å². The predicted molar refractivity (Wildman–Crippen MR) is 99.1 cm³/mol. The summed E-state index contributed by atoms with van der Waals surface area (Å²) in [6, 6.07) is 10.8. The zero-order valence-electron chi connectivity index (χ0n) is 13.7. The molecule has 8 heteroatoms. The van der Waals surface area contributed by atoms with Gasteiger partial charge in [0, 0.05) is 23.7 Å². The zero-order valence-corrected chi connectivity index (χ0v) is 15.2. The highest BCUT2D eigenvalue weighted by molar-refractivity contribution is 6.33. The van der Waals surface area contributed by atoms with Crippen molar-refractivity contribution in [1.29, 1.82) is 0 Å². The average molecular weight is 382 g/mol. The summed E-state index contributed by atoms with van der Waals surface area (Å²) in [7, 11) is 1.81. The van der Waals surface area contributed by atoms with Crippen molar-refractivity contribution in [2.24, 2.45) is 0 Å². The molecule has 0 saturated carbocycles. The van der Waals surface area contributed by atoms with Gasteiger partial charge in [-0.15, -0.1) is 0 Å². The number of hydrogen-bond acceptors (Lipinski definition) is 4. The average Bonchev–Trinajstić information content (AvgIpc) is 2.57. The van der Waals surface area contributed by atoms with Crippen LogP contribution in [0.2, 0.25) is 10.0 Å². The van der Waals surface area contributed by atoms with E-state index in [4.69, 9.17) is 23.2 Å². The first-order valence-electron chi connectivity index (χ1n) is 7.47. The van der Waals surface area contributed by atoms with Gasteiger partial charge in [-0.1, -0.05) is 35.3 Å². The molecule has 2 aromatic carbocycles. The number of anilines is 1. The van der Waals surface area contributed by atoms with Crippen LogP contribution in [0.15, 0.2) is 42.5 Å². The van der Waals surface area contributed by atoms with E-state index in [0.717, 1.165) is 5.56 Å². The first kappa shape index (κ1) is 19.2. The van der Waals surface area contributed by atoms with Crippen molar-refractivity contribution in [2.45, 2.75) is 19.5 Å². The second-order valence-electron chi connectivity index (χ2n) is 5.63. The van der Waals surface area contributed by atoms with Crippen LogP contribution in [-0.4, -0.2) is 28.8 Å². The van der Waals surface area contributed by atoms with E-state index in [0.29, 0.717) is 11.6 Å². The smallest absolute Gasteiger partial charge is 0.271 e. The molecule has 1 atom stereocenters. The Morgan fingerprint density at radius 2 is 1.88 bits per heavy atom. The highest BCUT2D eigenvalue weighted by Gasteiger charge is 2.20. The molecule has 0 heterocycles. The SMILES string of the molecule is CC(C(=O)Nc1cc([N+](=O)[O-])ccc1Cl)N(C)Cc1ccc(Cl)cc1. The number of likely N-dealkylation sites (N-methyl/N-ethyl adjacent to an activating group) is 1. The lowest BCUT2D eigenvalue weighted by Crippen LogP contribution is -2.39. The number of nitro benzene ring substituents is 1. The largest absolute Gasteiger partial charge is 0.323 e. The quantitative estimate of drug-likeness (QED) is 0.595. The van der Waals surface area contributed by atoms with E-state index in [1.165, 1.54) is 18.2 Å². The van der Waals surface area contributed by atoms with Gasteiger partial charge in [-0.25, -0.2) is 0 Å². The number of nitro groups is 1. The van der Waals surface area contributed by atoms with E-state index in [-0.39, 0.29) is 22.3 Å². The molecule has 0 bridgehead atoms. The minimum absolute atomic E-state index is 0.137.